The number of aromatic hydroxyl groups is 1. The number of nitrogens with zero attached hydrogens (tertiary/aromatic N) is 2. The fourth-order valence-electron chi connectivity index (χ4n) is 1.47. The summed E-state index contributed by atoms with van der Waals surface area (Å²) in [5.74, 6) is 0.120. The summed E-state index contributed by atoms with van der Waals surface area (Å²) in [6.45, 7) is 7.93. The van der Waals surface area contributed by atoms with Gasteiger partial charge in [-0.3, -0.25) is 9.98 Å². The number of pyridine rings is 1. The average molecular weight is 293 g/mol. The van der Waals surface area contributed by atoms with Crippen molar-refractivity contribution in [3.05, 3.63) is 24.0 Å². The second kappa shape index (κ2) is 7.91. The fourth-order valence-corrected chi connectivity index (χ4v) is 2.23. The molecule has 0 atom stereocenters. The highest BCUT2D eigenvalue weighted by atomic mass is 28.3. The molecular weight excluding hydrogens is 270 g/mol. The summed E-state index contributed by atoms with van der Waals surface area (Å²) in [6, 6.07) is 4.37. The predicted octanol–water partition coefficient (Wildman–Crippen LogP) is 2.93. The average Bonchev–Trinajstić information content (AvgIpc) is 2.37. The minimum absolute atomic E-state index is 0.120. The van der Waals surface area contributed by atoms with Gasteiger partial charge in [-0.05, 0) is 18.2 Å². The van der Waals surface area contributed by atoms with E-state index in [-0.39, 0.29) is 12.5 Å². The van der Waals surface area contributed by atoms with Crippen molar-refractivity contribution < 1.29 is 9.84 Å². The van der Waals surface area contributed by atoms with E-state index < -0.39 is 8.07 Å². The van der Waals surface area contributed by atoms with E-state index in [2.05, 4.69) is 29.6 Å². The van der Waals surface area contributed by atoms with Gasteiger partial charge in [0.1, 0.15) is 12.5 Å². The molecule has 1 rings (SSSR count). The Morgan fingerprint density at radius 3 is 2.75 bits per heavy atom. The highest BCUT2D eigenvalue weighted by molar-refractivity contribution is 6.76. The first-order valence-corrected chi connectivity index (χ1v) is 10.4. The van der Waals surface area contributed by atoms with Gasteiger partial charge in [0.05, 0.1) is 17.6 Å². The van der Waals surface area contributed by atoms with Crippen LogP contribution in [-0.4, -0.2) is 43.4 Å². The molecule has 0 aliphatic carbocycles. The molecule has 1 aromatic heterocycles. The van der Waals surface area contributed by atoms with Crippen LogP contribution in [0.3, 0.4) is 0 Å². The molecule has 5 nitrogen and oxygen atoms in total. The number of hydrogen-bond donors (Lipinski definition) is 2. The van der Waals surface area contributed by atoms with Crippen LogP contribution >= 0.6 is 0 Å². The largest absolute Gasteiger partial charge is 0.506 e. The van der Waals surface area contributed by atoms with Gasteiger partial charge in [-0.15, -0.1) is 0 Å². The number of hydrogen-bond acceptors (Lipinski definition) is 5. The molecule has 0 aliphatic rings. The van der Waals surface area contributed by atoms with Gasteiger partial charge in [-0.2, -0.15) is 0 Å². The molecular formula is C14H23N3O2Si. The summed E-state index contributed by atoms with van der Waals surface area (Å²) in [4.78, 5) is 8.45. The lowest BCUT2D eigenvalue weighted by atomic mass is 10.2. The molecule has 0 aliphatic heterocycles. The Hall–Kier alpha value is -1.53. The molecule has 0 unspecified atom stereocenters. The zero-order chi connectivity index (χ0) is 15.0. The lowest BCUT2D eigenvalue weighted by Crippen LogP contribution is -2.21. The van der Waals surface area contributed by atoms with Gasteiger partial charge in [-0.1, -0.05) is 19.6 Å². The predicted molar refractivity (Wildman–Crippen MR) is 84.8 cm³/mol. The molecule has 0 bridgehead atoms. The van der Waals surface area contributed by atoms with Gasteiger partial charge in [0.15, 0.2) is 0 Å². The van der Waals surface area contributed by atoms with Crippen molar-refractivity contribution in [1.29, 1.82) is 5.41 Å². The summed E-state index contributed by atoms with van der Waals surface area (Å²) in [5.41, 5.74) is 1.37. The van der Waals surface area contributed by atoms with Crippen LogP contribution in [0.1, 0.15) is 12.1 Å². The van der Waals surface area contributed by atoms with Crippen molar-refractivity contribution in [2.75, 3.05) is 13.3 Å². The third kappa shape index (κ3) is 6.58. The van der Waals surface area contributed by atoms with Crippen molar-refractivity contribution in [1.82, 2.24) is 4.98 Å². The molecule has 2 N–H and O–H groups in total. The Labute approximate surface area is 121 Å². The van der Waals surface area contributed by atoms with Gasteiger partial charge >= 0.3 is 0 Å². The molecule has 0 saturated carbocycles. The summed E-state index contributed by atoms with van der Waals surface area (Å²) in [6.07, 6.45) is 3.07. The molecule has 0 spiro atoms. The second-order valence-corrected chi connectivity index (χ2v) is 11.4. The Balaban J connectivity index is 2.55. The monoisotopic (exact) mass is 293 g/mol. The zero-order valence-electron chi connectivity index (χ0n) is 12.4. The molecule has 1 aromatic rings. The number of aliphatic imine (C=N–C) groups is 1. The standard InChI is InChI=1S/C14H23N3O2Si/c1-20(2,3)9-8-19-11-17-14(6-7-15)13-5-4-12(18)10-16-13/h4-5,7,10,15,18H,6,8-9,11H2,1-3H3. The first-order chi connectivity index (χ1) is 9.42. The highest BCUT2D eigenvalue weighted by Gasteiger charge is 2.11. The van der Waals surface area contributed by atoms with Crippen LogP contribution < -0.4 is 0 Å². The topological polar surface area (TPSA) is 78.6 Å². The van der Waals surface area contributed by atoms with E-state index in [4.69, 9.17) is 10.1 Å². The molecule has 110 valence electrons. The Kier molecular flexibility index (Phi) is 6.54. The van der Waals surface area contributed by atoms with Crippen LogP contribution in [0, 0.1) is 5.41 Å². The van der Waals surface area contributed by atoms with Crippen LogP contribution in [0.25, 0.3) is 0 Å². The first-order valence-electron chi connectivity index (χ1n) is 6.68. The van der Waals surface area contributed by atoms with Crippen molar-refractivity contribution >= 4 is 20.0 Å². The van der Waals surface area contributed by atoms with Gasteiger partial charge in [0.2, 0.25) is 0 Å². The van der Waals surface area contributed by atoms with Gasteiger partial charge < -0.3 is 15.3 Å². The van der Waals surface area contributed by atoms with Gasteiger partial charge in [0.25, 0.3) is 0 Å². The minimum Gasteiger partial charge on any atom is -0.506 e. The number of ether oxygens (including phenoxy) is 1. The number of nitrogens with one attached hydrogen (secondary N) is 1. The van der Waals surface area contributed by atoms with Gasteiger partial charge in [0, 0.05) is 27.3 Å². The third-order valence-electron chi connectivity index (χ3n) is 2.68. The molecule has 0 aromatic carbocycles. The molecule has 6 heteroatoms. The zero-order valence-corrected chi connectivity index (χ0v) is 13.4. The molecule has 1 heterocycles. The molecule has 0 radical (unpaired) electrons. The maximum Gasteiger partial charge on any atom is 0.137 e. The van der Waals surface area contributed by atoms with Crippen LogP contribution in [0.15, 0.2) is 23.3 Å². The van der Waals surface area contributed by atoms with E-state index in [0.717, 1.165) is 12.7 Å². The number of rotatable bonds is 8. The molecule has 0 saturated heterocycles. The van der Waals surface area contributed by atoms with E-state index in [1.165, 1.54) is 12.4 Å². The van der Waals surface area contributed by atoms with E-state index in [1.807, 2.05) is 0 Å². The maximum atomic E-state index is 9.22. The van der Waals surface area contributed by atoms with E-state index in [0.29, 0.717) is 17.8 Å². The molecule has 0 fully saturated rings. The second-order valence-electron chi connectivity index (χ2n) is 5.76. The quantitative estimate of drug-likeness (QED) is 0.439. The van der Waals surface area contributed by atoms with Crippen LogP contribution in [0.5, 0.6) is 5.75 Å². The summed E-state index contributed by atoms with van der Waals surface area (Å²) >= 11 is 0. The normalized spacial score (nSPS) is 12.4. The third-order valence-corrected chi connectivity index (χ3v) is 4.39. The number of aromatic nitrogens is 1. The van der Waals surface area contributed by atoms with Crippen LogP contribution in [0.4, 0.5) is 0 Å². The van der Waals surface area contributed by atoms with Crippen molar-refractivity contribution in [2.24, 2.45) is 4.99 Å². The SMILES string of the molecule is C[Si](C)(C)CCOCN=C(CC=N)c1ccc(O)cn1. The fraction of sp³-hybridized carbons (Fsp3) is 0.500. The van der Waals surface area contributed by atoms with Crippen molar-refractivity contribution in [2.45, 2.75) is 32.1 Å². The van der Waals surface area contributed by atoms with Crippen molar-refractivity contribution in [3.8, 4) is 5.75 Å². The van der Waals surface area contributed by atoms with Crippen molar-refractivity contribution in [3.63, 3.8) is 0 Å². The van der Waals surface area contributed by atoms with E-state index >= 15 is 0 Å². The summed E-state index contributed by atoms with van der Waals surface area (Å²) in [7, 11) is -1.07. The lowest BCUT2D eigenvalue weighted by molar-refractivity contribution is 0.155. The Morgan fingerprint density at radius 2 is 2.20 bits per heavy atom. The minimum atomic E-state index is -1.07. The van der Waals surface area contributed by atoms with Gasteiger partial charge in [-0.25, -0.2) is 0 Å². The van der Waals surface area contributed by atoms with Crippen LogP contribution in [0.2, 0.25) is 25.7 Å². The van der Waals surface area contributed by atoms with Crippen LogP contribution in [-0.2, 0) is 4.74 Å². The Morgan fingerprint density at radius 1 is 1.45 bits per heavy atom. The van der Waals surface area contributed by atoms with E-state index in [1.54, 1.807) is 12.1 Å². The molecule has 20 heavy (non-hydrogen) atoms. The smallest absolute Gasteiger partial charge is 0.137 e. The first kappa shape index (κ1) is 16.5. The summed E-state index contributed by atoms with van der Waals surface area (Å²) in [5, 5.41) is 16.4. The van der Waals surface area contributed by atoms with E-state index in [9.17, 15) is 5.11 Å². The lowest BCUT2D eigenvalue weighted by Gasteiger charge is -2.14. The molecule has 0 amide bonds. The Bertz CT molecular complexity index is 452. The maximum absolute atomic E-state index is 9.22. The highest BCUT2D eigenvalue weighted by Crippen LogP contribution is 2.09. The summed E-state index contributed by atoms with van der Waals surface area (Å²) < 4.78 is 5.53.